The van der Waals surface area contributed by atoms with Crippen molar-refractivity contribution < 1.29 is 0 Å². The van der Waals surface area contributed by atoms with Crippen LogP contribution in [0.5, 0.6) is 0 Å². The minimum atomic E-state index is 1.08. The van der Waals surface area contributed by atoms with Gasteiger partial charge >= 0.3 is 0 Å². The summed E-state index contributed by atoms with van der Waals surface area (Å²) in [6.07, 6.45) is 2.15. The smallest absolute Gasteiger partial charge is 0.0283 e. The molecule has 7 heavy (non-hydrogen) atoms. The molecule has 1 nitrogen and oxygen atoms in total. The summed E-state index contributed by atoms with van der Waals surface area (Å²) in [6, 6.07) is 0. The second-order valence-corrected chi connectivity index (χ2v) is 3.61. The van der Waals surface area contributed by atoms with Gasteiger partial charge in [0.25, 0.3) is 0 Å². The van der Waals surface area contributed by atoms with Crippen LogP contribution in [-0.4, -0.2) is 17.9 Å². The van der Waals surface area contributed by atoms with Gasteiger partial charge in [-0.25, -0.2) is 4.31 Å². The summed E-state index contributed by atoms with van der Waals surface area (Å²) in [6.45, 7) is 1.08. The molecule has 1 aliphatic heterocycles. The molecule has 0 unspecified atom stereocenters. The average Bonchev–Trinajstić information content (AvgIpc) is 1.69. The van der Waals surface area contributed by atoms with E-state index in [4.69, 9.17) is 0 Å². The van der Waals surface area contributed by atoms with Gasteiger partial charge in [-0.05, 0) is 34.2 Å². The fourth-order valence-electron chi connectivity index (χ4n) is 0.359. The van der Waals surface area contributed by atoms with Crippen molar-refractivity contribution in [2.24, 2.45) is 0 Å². The van der Waals surface area contributed by atoms with E-state index in [9.17, 15) is 0 Å². The molecule has 1 aliphatic rings. The number of rotatable bonds is 0. The fraction of sp³-hybridized carbons (Fsp3) is 0.500. The predicted octanol–water partition coefficient (Wildman–Crippen LogP) is 1.74. The number of nitrogens with zero attached hydrogens (tertiary/aromatic N) is 1. The summed E-state index contributed by atoms with van der Waals surface area (Å²) in [7, 11) is 5.63. The first-order valence-electron chi connectivity index (χ1n) is 2.09. The predicted molar refractivity (Wildman–Crippen MR) is 37.0 cm³/mol. The van der Waals surface area contributed by atoms with Gasteiger partial charge in [-0.1, -0.05) is 6.08 Å². The molecule has 1 heterocycles. The van der Waals surface area contributed by atoms with Crippen LogP contribution in [0.1, 0.15) is 0 Å². The number of likely N-dealkylation sites (N-methyl/N-ethyl adjacent to an activating group) is 1. The molecular weight excluding hydrogens is 126 g/mol. The summed E-state index contributed by atoms with van der Waals surface area (Å²) < 4.78 is 2.19. The highest BCUT2D eigenvalue weighted by atomic mass is 33.1. The monoisotopic (exact) mass is 133 g/mol. The Kier molecular flexibility index (Phi) is 2.09. The summed E-state index contributed by atoms with van der Waals surface area (Å²) >= 11 is 0. The zero-order chi connectivity index (χ0) is 5.11. The molecule has 1 rings (SSSR count). The first-order valence-corrected chi connectivity index (χ1v) is 4.26. The zero-order valence-corrected chi connectivity index (χ0v) is 5.76. The Hall–Kier alpha value is 0.400. The topological polar surface area (TPSA) is 3.24 Å². The zero-order valence-electron chi connectivity index (χ0n) is 4.13. The van der Waals surface area contributed by atoms with Crippen LogP contribution in [0.25, 0.3) is 0 Å². The van der Waals surface area contributed by atoms with Crippen LogP contribution in [0.15, 0.2) is 11.5 Å². The van der Waals surface area contributed by atoms with Crippen molar-refractivity contribution in [1.82, 2.24) is 4.31 Å². The SMILES string of the molecule is CN1CC=CSS1. The van der Waals surface area contributed by atoms with Crippen LogP contribution in [-0.2, 0) is 0 Å². The molecule has 0 aliphatic carbocycles. The van der Waals surface area contributed by atoms with Crippen LogP contribution >= 0.6 is 21.8 Å². The summed E-state index contributed by atoms with van der Waals surface area (Å²) in [5, 5.41) is 2.12. The van der Waals surface area contributed by atoms with Gasteiger partial charge in [0, 0.05) is 6.54 Å². The van der Waals surface area contributed by atoms with Gasteiger partial charge in [0.15, 0.2) is 0 Å². The Bertz CT molecular complexity index is 81.8. The quantitative estimate of drug-likeness (QED) is 0.366. The third kappa shape index (κ3) is 1.76. The molecule has 0 saturated heterocycles. The summed E-state index contributed by atoms with van der Waals surface area (Å²) in [4.78, 5) is 0. The highest BCUT2D eigenvalue weighted by Crippen LogP contribution is 2.28. The lowest BCUT2D eigenvalue weighted by atomic mass is 10.6. The van der Waals surface area contributed by atoms with Crippen molar-refractivity contribution in [2.45, 2.75) is 0 Å². The molecule has 0 aromatic rings. The molecule has 0 spiro atoms. The molecule has 0 amide bonds. The second-order valence-electron chi connectivity index (χ2n) is 1.35. The van der Waals surface area contributed by atoms with E-state index >= 15 is 0 Å². The third-order valence-electron chi connectivity index (χ3n) is 0.685. The van der Waals surface area contributed by atoms with Crippen LogP contribution in [0, 0.1) is 0 Å². The van der Waals surface area contributed by atoms with Crippen molar-refractivity contribution in [1.29, 1.82) is 0 Å². The second kappa shape index (κ2) is 2.64. The Morgan fingerprint density at radius 2 is 2.57 bits per heavy atom. The van der Waals surface area contributed by atoms with Gasteiger partial charge in [0.2, 0.25) is 0 Å². The van der Waals surface area contributed by atoms with Crippen LogP contribution in [0.2, 0.25) is 0 Å². The highest BCUT2D eigenvalue weighted by Gasteiger charge is 1.97. The molecule has 0 atom stereocenters. The van der Waals surface area contributed by atoms with E-state index in [-0.39, 0.29) is 0 Å². The number of hydrogen-bond acceptors (Lipinski definition) is 3. The van der Waals surface area contributed by atoms with Crippen LogP contribution in [0.3, 0.4) is 0 Å². The van der Waals surface area contributed by atoms with E-state index in [1.165, 1.54) is 0 Å². The third-order valence-corrected chi connectivity index (χ3v) is 2.83. The first-order chi connectivity index (χ1) is 3.39. The van der Waals surface area contributed by atoms with Gasteiger partial charge in [-0.2, -0.15) is 0 Å². The molecule has 40 valence electrons. The van der Waals surface area contributed by atoms with E-state index in [0.717, 1.165) is 6.54 Å². The standard InChI is InChI=1S/C4H7NS2/c1-5-3-2-4-6-7-5/h2,4H,3H2,1H3. The molecule has 0 saturated carbocycles. The molecule has 3 heteroatoms. The van der Waals surface area contributed by atoms with Crippen molar-refractivity contribution in [3.63, 3.8) is 0 Å². The molecule has 0 aromatic heterocycles. The molecule has 0 bridgehead atoms. The molecule has 0 N–H and O–H groups in total. The average molecular weight is 133 g/mol. The molecule has 0 fully saturated rings. The van der Waals surface area contributed by atoms with Crippen molar-refractivity contribution >= 4 is 21.8 Å². The van der Waals surface area contributed by atoms with Crippen LogP contribution < -0.4 is 0 Å². The lowest BCUT2D eigenvalue weighted by Gasteiger charge is -2.13. The van der Waals surface area contributed by atoms with Crippen molar-refractivity contribution in [3.05, 3.63) is 11.5 Å². The Morgan fingerprint density at radius 3 is 2.86 bits per heavy atom. The van der Waals surface area contributed by atoms with E-state index in [0.29, 0.717) is 0 Å². The maximum Gasteiger partial charge on any atom is 0.0283 e. The fourth-order valence-corrected chi connectivity index (χ4v) is 1.88. The largest absolute Gasteiger partial charge is 0.240 e. The minimum Gasteiger partial charge on any atom is -0.240 e. The maximum absolute atomic E-state index is 2.19. The molecule has 0 radical (unpaired) electrons. The number of hydrogen-bond donors (Lipinski definition) is 0. The van der Waals surface area contributed by atoms with E-state index < -0.39 is 0 Å². The van der Waals surface area contributed by atoms with Gasteiger partial charge in [0.05, 0.1) is 0 Å². The van der Waals surface area contributed by atoms with Crippen LogP contribution in [0.4, 0.5) is 0 Å². The molecule has 0 aromatic carbocycles. The summed E-state index contributed by atoms with van der Waals surface area (Å²) in [5.41, 5.74) is 0. The van der Waals surface area contributed by atoms with Gasteiger partial charge < -0.3 is 0 Å². The minimum absolute atomic E-state index is 1.08. The first kappa shape index (κ1) is 5.54. The van der Waals surface area contributed by atoms with E-state index in [1.54, 1.807) is 21.8 Å². The Balaban J connectivity index is 2.32. The lowest BCUT2D eigenvalue weighted by Crippen LogP contribution is -2.07. The maximum atomic E-state index is 2.19. The molecular formula is C4H7NS2. The summed E-state index contributed by atoms with van der Waals surface area (Å²) in [5.74, 6) is 0. The van der Waals surface area contributed by atoms with E-state index in [2.05, 4.69) is 22.8 Å². The Labute approximate surface area is 51.7 Å². The van der Waals surface area contributed by atoms with Gasteiger partial charge in [0.1, 0.15) is 0 Å². The van der Waals surface area contributed by atoms with Crippen molar-refractivity contribution in [2.75, 3.05) is 13.6 Å². The van der Waals surface area contributed by atoms with Crippen molar-refractivity contribution in [3.8, 4) is 0 Å². The van der Waals surface area contributed by atoms with E-state index in [1.807, 2.05) is 0 Å². The van der Waals surface area contributed by atoms with Gasteiger partial charge in [-0.15, -0.1) is 0 Å². The Morgan fingerprint density at radius 1 is 1.71 bits per heavy atom. The normalized spacial score (nSPS) is 23.0. The highest BCUT2D eigenvalue weighted by molar-refractivity contribution is 8.77. The lowest BCUT2D eigenvalue weighted by molar-refractivity contribution is 0.642. The van der Waals surface area contributed by atoms with Gasteiger partial charge in [-0.3, -0.25) is 0 Å².